The Bertz CT molecular complexity index is 949. The maximum absolute atomic E-state index is 13.1. The van der Waals surface area contributed by atoms with Gasteiger partial charge in [0.05, 0.1) is 29.7 Å². The summed E-state index contributed by atoms with van der Waals surface area (Å²) < 4.78 is 10.3. The summed E-state index contributed by atoms with van der Waals surface area (Å²) in [6.45, 7) is 0.267. The number of carboxylic acid groups (broad SMARTS) is 1. The van der Waals surface area contributed by atoms with E-state index in [0.717, 1.165) is 5.56 Å². The van der Waals surface area contributed by atoms with Crippen molar-refractivity contribution in [3.8, 4) is 5.75 Å². The molecule has 1 heterocycles. The number of hydrogen-bond donors (Lipinski definition) is 1. The number of benzene rings is 2. The topological polar surface area (TPSA) is 116 Å². The SMILES string of the molecule is COc1ccc(CS[N+]2(C(=O)OCc3ccc([N+](=O)[O-])cc3)CCC[C@H]2C(=O)O)cc1. The molecule has 3 rings (SSSR count). The minimum absolute atomic E-state index is 0.0564. The summed E-state index contributed by atoms with van der Waals surface area (Å²) in [5, 5.41) is 20.5. The second-order valence-corrected chi connectivity index (χ2v) is 8.31. The predicted molar refractivity (Wildman–Crippen MR) is 113 cm³/mol. The number of carbonyl (C=O) groups excluding carboxylic acids is 1. The number of non-ortho nitro benzene ring substituents is 1. The van der Waals surface area contributed by atoms with Gasteiger partial charge in [0.2, 0.25) is 6.04 Å². The lowest BCUT2D eigenvalue weighted by Gasteiger charge is -2.31. The van der Waals surface area contributed by atoms with Gasteiger partial charge in [-0.3, -0.25) is 10.1 Å². The Kier molecular flexibility index (Phi) is 7.13. The van der Waals surface area contributed by atoms with Crippen molar-refractivity contribution in [1.82, 2.24) is 0 Å². The Balaban J connectivity index is 1.73. The maximum atomic E-state index is 13.1. The van der Waals surface area contributed by atoms with Gasteiger partial charge in [-0.25, -0.2) is 4.79 Å². The van der Waals surface area contributed by atoms with E-state index in [2.05, 4.69) is 0 Å². The quantitative estimate of drug-likeness (QED) is 0.278. The number of ether oxygens (including phenoxy) is 2. The average Bonchev–Trinajstić information content (AvgIpc) is 3.22. The largest absolute Gasteiger partial charge is 0.528 e. The van der Waals surface area contributed by atoms with E-state index in [1.807, 2.05) is 24.3 Å². The number of amides is 1. The first-order valence-corrected chi connectivity index (χ1v) is 10.6. The van der Waals surface area contributed by atoms with Crippen LogP contribution in [0.5, 0.6) is 5.75 Å². The molecule has 2 aromatic rings. The molecule has 1 saturated heterocycles. The number of nitro groups is 1. The number of carboxylic acids is 1. The molecule has 1 N–H and O–H groups in total. The summed E-state index contributed by atoms with van der Waals surface area (Å²) in [5.74, 6) is 0.109. The van der Waals surface area contributed by atoms with Crippen LogP contribution in [0.15, 0.2) is 48.5 Å². The van der Waals surface area contributed by atoms with Gasteiger partial charge in [-0.05, 0) is 35.4 Å². The molecule has 0 spiro atoms. The molecule has 0 aromatic heterocycles. The molecule has 1 unspecified atom stereocenters. The molecular weight excluding hydrogens is 424 g/mol. The molecule has 0 saturated carbocycles. The minimum Gasteiger partial charge on any atom is -0.497 e. The number of carbonyl (C=O) groups is 2. The molecule has 1 aliphatic rings. The van der Waals surface area contributed by atoms with Crippen LogP contribution in [0, 0.1) is 10.1 Å². The molecule has 2 atom stereocenters. The highest BCUT2D eigenvalue weighted by molar-refractivity contribution is 7.93. The Morgan fingerprint density at radius 2 is 1.81 bits per heavy atom. The smallest absolute Gasteiger partial charge is 0.497 e. The number of hydrogen-bond acceptors (Lipinski definition) is 7. The van der Waals surface area contributed by atoms with Crippen LogP contribution in [-0.2, 0) is 21.9 Å². The summed E-state index contributed by atoms with van der Waals surface area (Å²) >= 11 is 1.24. The Labute approximate surface area is 183 Å². The lowest BCUT2D eigenvalue weighted by Crippen LogP contribution is -2.53. The van der Waals surface area contributed by atoms with Crippen LogP contribution < -0.4 is 4.74 Å². The normalized spacial score (nSPS) is 20.2. The molecule has 1 amide bonds. The first-order valence-electron chi connectivity index (χ1n) is 9.64. The van der Waals surface area contributed by atoms with Crippen LogP contribution in [0.3, 0.4) is 0 Å². The zero-order valence-electron chi connectivity index (χ0n) is 16.9. The van der Waals surface area contributed by atoms with Crippen molar-refractivity contribution in [1.29, 1.82) is 0 Å². The zero-order chi connectivity index (χ0) is 22.4. The molecule has 0 aliphatic carbocycles. The van der Waals surface area contributed by atoms with E-state index in [9.17, 15) is 24.8 Å². The van der Waals surface area contributed by atoms with E-state index in [4.69, 9.17) is 9.47 Å². The standard InChI is InChI=1S/C21H22N2O7S/c1-29-18-10-6-16(7-11-18)14-31-23(12-2-3-19(23)20(24)25)21(26)30-13-15-4-8-17(9-5-15)22(27)28/h4-11,19H,2-3,12-14H2,1H3/p+1/t19-,23?/m0/s1. The molecule has 0 radical (unpaired) electrons. The van der Waals surface area contributed by atoms with Gasteiger partial charge in [0.1, 0.15) is 18.9 Å². The van der Waals surface area contributed by atoms with E-state index in [1.165, 1.54) is 36.2 Å². The van der Waals surface area contributed by atoms with Crippen molar-refractivity contribution in [2.45, 2.75) is 31.2 Å². The fraction of sp³-hybridized carbons (Fsp3) is 0.333. The van der Waals surface area contributed by atoms with Gasteiger partial charge in [-0.2, -0.15) is 4.79 Å². The van der Waals surface area contributed by atoms with Gasteiger partial charge in [0.15, 0.2) is 0 Å². The van der Waals surface area contributed by atoms with E-state index < -0.39 is 23.0 Å². The molecule has 10 heteroatoms. The molecule has 1 aliphatic heterocycles. The fourth-order valence-electron chi connectivity index (χ4n) is 3.49. The van der Waals surface area contributed by atoms with Gasteiger partial charge in [0.25, 0.3) is 5.69 Å². The third-order valence-corrected chi connectivity index (χ3v) is 6.70. The van der Waals surface area contributed by atoms with Crippen LogP contribution in [0.2, 0.25) is 0 Å². The summed E-state index contributed by atoms with van der Waals surface area (Å²) in [5.41, 5.74) is 1.46. The Morgan fingerprint density at radius 3 is 2.39 bits per heavy atom. The third-order valence-electron chi connectivity index (χ3n) is 5.20. The molecule has 31 heavy (non-hydrogen) atoms. The van der Waals surface area contributed by atoms with E-state index in [1.54, 1.807) is 7.11 Å². The number of quaternary nitrogens is 1. The van der Waals surface area contributed by atoms with Gasteiger partial charge in [-0.15, -0.1) is 3.89 Å². The fourth-order valence-corrected chi connectivity index (χ4v) is 4.85. The minimum atomic E-state index is -1.04. The van der Waals surface area contributed by atoms with Crippen molar-refractivity contribution < 1.29 is 33.0 Å². The molecule has 1 fully saturated rings. The van der Waals surface area contributed by atoms with Crippen LogP contribution in [0.4, 0.5) is 10.5 Å². The summed E-state index contributed by atoms with van der Waals surface area (Å²) in [4.78, 5) is 35.2. The number of rotatable bonds is 8. The van der Waals surface area contributed by atoms with Crippen LogP contribution in [-0.4, -0.2) is 45.7 Å². The highest BCUT2D eigenvalue weighted by atomic mass is 32.2. The maximum Gasteiger partial charge on any atom is 0.528 e. The summed E-state index contributed by atoms with van der Waals surface area (Å²) in [7, 11) is 1.58. The van der Waals surface area contributed by atoms with E-state index in [0.29, 0.717) is 36.5 Å². The predicted octanol–water partition coefficient (Wildman–Crippen LogP) is 4.15. The van der Waals surface area contributed by atoms with Gasteiger partial charge >= 0.3 is 12.1 Å². The van der Waals surface area contributed by atoms with Crippen molar-refractivity contribution in [3.05, 3.63) is 69.8 Å². The van der Waals surface area contributed by atoms with Gasteiger partial charge < -0.3 is 14.6 Å². The number of aliphatic carboxylic acids is 1. The monoisotopic (exact) mass is 447 g/mol. The molecule has 164 valence electrons. The summed E-state index contributed by atoms with van der Waals surface area (Å²) in [6, 6.07) is 12.2. The highest BCUT2D eigenvalue weighted by Crippen LogP contribution is 2.39. The van der Waals surface area contributed by atoms with Crippen molar-refractivity contribution >= 4 is 29.7 Å². The molecule has 2 aromatic carbocycles. The molecule has 0 bridgehead atoms. The molecular formula is C21H23N2O7S+. The Hall–Kier alpha value is -3.11. The first kappa shape index (κ1) is 22.6. The highest BCUT2D eigenvalue weighted by Gasteiger charge is 2.55. The number of likely N-dealkylation sites (tertiary alicyclic amines) is 1. The lowest BCUT2D eigenvalue weighted by molar-refractivity contribution is -0.724. The van der Waals surface area contributed by atoms with Crippen molar-refractivity contribution in [3.63, 3.8) is 0 Å². The average molecular weight is 447 g/mol. The van der Waals surface area contributed by atoms with Gasteiger partial charge in [0, 0.05) is 25.0 Å². The lowest BCUT2D eigenvalue weighted by atomic mass is 10.2. The van der Waals surface area contributed by atoms with Crippen LogP contribution in [0.1, 0.15) is 24.0 Å². The van der Waals surface area contributed by atoms with E-state index in [-0.39, 0.29) is 16.2 Å². The second-order valence-electron chi connectivity index (χ2n) is 7.12. The van der Waals surface area contributed by atoms with Crippen molar-refractivity contribution in [2.24, 2.45) is 0 Å². The Morgan fingerprint density at radius 1 is 1.16 bits per heavy atom. The van der Waals surface area contributed by atoms with Crippen LogP contribution in [0.25, 0.3) is 0 Å². The van der Waals surface area contributed by atoms with Crippen molar-refractivity contribution in [2.75, 3.05) is 13.7 Å². The third kappa shape index (κ3) is 5.15. The zero-order valence-corrected chi connectivity index (χ0v) is 17.7. The molecule has 9 nitrogen and oxygen atoms in total. The number of nitro benzene ring substituents is 1. The number of nitrogens with zero attached hydrogens (tertiary/aromatic N) is 2. The second kappa shape index (κ2) is 9.80. The van der Waals surface area contributed by atoms with Crippen LogP contribution >= 0.6 is 11.9 Å². The first-order chi connectivity index (χ1) is 14.9. The number of methoxy groups -OCH3 is 1. The van der Waals surface area contributed by atoms with Gasteiger partial charge in [-0.1, -0.05) is 12.1 Å². The van der Waals surface area contributed by atoms with E-state index >= 15 is 0 Å². The summed E-state index contributed by atoms with van der Waals surface area (Å²) in [6.07, 6.45) is 0.360.